The van der Waals surface area contributed by atoms with E-state index in [-0.39, 0.29) is 5.97 Å². The fraction of sp³-hybridized carbons (Fsp3) is 0.308. The van der Waals surface area contributed by atoms with Gasteiger partial charge in [0.1, 0.15) is 11.3 Å². The Morgan fingerprint density at radius 3 is 2.61 bits per heavy atom. The van der Waals surface area contributed by atoms with E-state index in [9.17, 15) is 4.79 Å². The van der Waals surface area contributed by atoms with Gasteiger partial charge >= 0.3 is 5.97 Å². The summed E-state index contributed by atoms with van der Waals surface area (Å²) in [5.74, 6) is -0.329. The van der Waals surface area contributed by atoms with Gasteiger partial charge in [-0.2, -0.15) is 0 Å². The van der Waals surface area contributed by atoms with Crippen LogP contribution in [0.15, 0.2) is 22.7 Å². The Bertz CT molecular complexity index is 574. The van der Waals surface area contributed by atoms with Gasteiger partial charge in [0.15, 0.2) is 0 Å². The molecule has 0 fully saturated rings. The molecule has 0 unspecified atom stereocenters. The normalized spacial score (nSPS) is 11.8. The summed E-state index contributed by atoms with van der Waals surface area (Å²) < 4.78 is 7.44. The largest absolute Gasteiger partial charge is 0.455 e. The average Bonchev–Trinajstić information content (AvgIpc) is 2.59. The van der Waals surface area contributed by atoms with E-state index in [0.717, 1.165) is 18.9 Å². The van der Waals surface area contributed by atoms with E-state index in [1.165, 1.54) is 0 Å². The van der Waals surface area contributed by atoms with Crippen molar-refractivity contribution in [2.24, 2.45) is 0 Å². The van der Waals surface area contributed by atoms with Crippen LogP contribution in [0.25, 0.3) is 10.9 Å². The van der Waals surface area contributed by atoms with Crippen LogP contribution in [-0.2, 0) is 4.74 Å². The Balaban J connectivity index is 2.39. The molecular weight excluding hydrogens is 409 g/mol. The number of fused-ring (bicyclic) bond motifs is 1. The summed E-state index contributed by atoms with van der Waals surface area (Å²) in [6.45, 7) is 5.56. The van der Waals surface area contributed by atoms with Crippen LogP contribution in [0.2, 0.25) is 0 Å². The smallest absolute Gasteiger partial charge is 0.355 e. The van der Waals surface area contributed by atoms with Crippen LogP contribution in [0.3, 0.4) is 0 Å². The van der Waals surface area contributed by atoms with E-state index in [4.69, 9.17) is 4.74 Å². The number of carbonyl (C=O) groups excluding carboxylic acids is 1. The Kier molecular flexibility index (Phi) is 3.73. The fourth-order valence-corrected chi connectivity index (χ4v) is 2.40. The first-order valence-electron chi connectivity index (χ1n) is 5.47. The lowest BCUT2D eigenvalue weighted by atomic mass is 10.2. The molecule has 0 amide bonds. The van der Waals surface area contributed by atoms with Gasteiger partial charge in [-0.25, -0.2) is 4.79 Å². The van der Waals surface area contributed by atoms with Gasteiger partial charge in [0.05, 0.1) is 0 Å². The molecule has 96 valence electrons. The molecule has 0 aliphatic carbocycles. The van der Waals surface area contributed by atoms with Crippen molar-refractivity contribution in [3.8, 4) is 0 Å². The van der Waals surface area contributed by atoms with E-state index in [0.29, 0.717) is 5.69 Å². The topological polar surface area (TPSA) is 42.1 Å². The summed E-state index contributed by atoms with van der Waals surface area (Å²) in [7, 11) is 0. The van der Waals surface area contributed by atoms with Gasteiger partial charge in [0.25, 0.3) is 0 Å². The summed E-state index contributed by atoms with van der Waals surface area (Å²) in [6, 6.07) is 5.80. The van der Waals surface area contributed by atoms with Crippen molar-refractivity contribution in [1.82, 2.24) is 4.98 Å². The lowest BCUT2D eigenvalue weighted by Crippen LogP contribution is -2.24. The molecule has 2 rings (SSSR count). The summed E-state index contributed by atoms with van der Waals surface area (Å²) in [5.41, 5.74) is 0.917. The SMILES string of the molecule is CC(C)(C)OC(=O)c1cc2cc(I)c(Br)cc2[nH]1. The maximum absolute atomic E-state index is 11.9. The summed E-state index contributed by atoms with van der Waals surface area (Å²) in [6.07, 6.45) is 0. The van der Waals surface area contributed by atoms with Crippen LogP contribution in [-0.4, -0.2) is 16.6 Å². The number of ether oxygens (including phenoxy) is 1. The van der Waals surface area contributed by atoms with Gasteiger partial charge < -0.3 is 9.72 Å². The lowest BCUT2D eigenvalue weighted by Gasteiger charge is -2.18. The Labute approximate surface area is 128 Å². The quantitative estimate of drug-likeness (QED) is 0.544. The Hall–Kier alpha value is -0.560. The highest BCUT2D eigenvalue weighted by Gasteiger charge is 2.19. The van der Waals surface area contributed by atoms with Gasteiger partial charge in [-0.05, 0) is 77.5 Å². The number of aromatic nitrogens is 1. The third-order valence-electron chi connectivity index (χ3n) is 2.28. The van der Waals surface area contributed by atoms with Crippen LogP contribution in [0.1, 0.15) is 31.3 Å². The Morgan fingerprint density at radius 2 is 2.00 bits per heavy atom. The predicted octanol–water partition coefficient (Wildman–Crippen LogP) is 4.49. The number of H-pyrrole nitrogens is 1. The predicted molar refractivity (Wildman–Crippen MR) is 83.9 cm³/mol. The van der Waals surface area contributed by atoms with E-state index >= 15 is 0 Å². The highest BCUT2D eigenvalue weighted by atomic mass is 127. The van der Waals surface area contributed by atoms with Gasteiger partial charge in [-0.15, -0.1) is 0 Å². The molecule has 0 saturated heterocycles. The minimum atomic E-state index is -0.483. The molecule has 0 bridgehead atoms. The van der Waals surface area contributed by atoms with Crippen molar-refractivity contribution in [3.63, 3.8) is 0 Å². The second-order valence-electron chi connectivity index (χ2n) is 5.04. The maximum atomic E-state index is 11.9. The zero-order chi connectivity index (χ0) is 13.5. The van der Waals surface area contributed by atoms with Crippen LogP contribution < -0.4 is 0 Å². The molecule has 0 saturated carbocycles. The summed E-state index contributed by atoms with van der Waals surface area (Å²) in [5, 5.41) is 1.00. The second-order valence-corrected chi connectivity index (χ2v) is 7.05. The highest BCUT2D eigenvalue weighted by molar-refractivity contribution is 14.1. The first-order chi connectivity index (χ1) is 8.26. The zero-order valence-electron chi connectivity index (χ0n) is 10.3. The highest BCUT2D eigenvalue weighted by Crippen LogP contribution is 2.26. The number of halogens is 2. The van der Waals surface area contributed by atoms with E-state index < -0.39 is 5.60 Å². The third-order valence-corrected chi connectivity index (χ3v) is 4.57. The van der Waals surface area contributed by atoms with Crippen molar-refractivity contribution >= 4 is 55.4 Å². The molecule has 0 spiro atoms. The van der Waals surface area contributed by atoms with Gasteiger partial charge in [0.2, 0.25) is 0 Å². The average molecular weight is 422 g/mol. The standard InChI is InChI=1S/C13H13BrINO2/c1-13(2,3)18-12(17)11-5-7-4-9(15)8(14)6-10(7)16-11/h4-6,16H,1-3H3. The minimum Gasteiger partial charge on any atom is -0.455 e. The molecule has 1 N–H and O–H groups in total. The van der Waals surface area contributed by atoms with Crippen LogP contribution in [0.4, 0.5) is 0 Å². The molecule has 0 aliphatic heterocycles. The first-order valence-corrected chi connectivity index (χ1v) is 7.34. The number of aromatic amines is 1. The van der Waals surface area contributed by atoms with Gasteiger partial charge in [-0.1, -0.05) is 0 Å². The lowest BCUT2D eigenvalue weighted by molar-refractivity contribution is 0.00639. The molecule has 0 radical (unpaired) electrons. The summed E-state index contributed by atoms with van der Waals surface area (Å²) >= 11 is 5.71. The van der Waals surface area contributed by atoms with Crippen molar-refractivity contribution in [2.75, 3.05) is 0 Å². The molecule has 0 atom stereocenters. The Morgan fingerprint density at radius 1 is 1.33 bits per heavy atom. The number of rotatable bonds is 1. The van der Waals surface area contributed by atoms with Crippen molar-refractivity contribution < 1.29 is 9.53 Å². The van der Waals surface area contributed by atoms with Gasteiger partial charge in [0, 0.05) is 18.9 Å². The first kappa shape index (κ1) is 13.9. The number of hydrogen-bond donors (Lipinski definition) is 1. The number of esters is 1. The zero-order valence-corrected chi connectivity index (χ0v) is 14.0. The molecule has 18 heavy (non-hydrogen) atoms. The number of hydrogen-bond acceptors (Lipinski definition) is 2. The molecule has 1 heterocycles. The number of carbonyl (C=O) groups is 1. The number of benzene rings is 1. The van der Waals surface area contributed by atoms with Crippen LogP contribution >= 0.6 is 38.5 Å². The minimum absolute atomic E-state index is 0.329. The monoisotopic (exact) mass is 421 g/mol. The van der Waals surface area contributed by atoms with Crippen molar-refractivity contribution in [2.45, 2.75) is 26.4 Å². The summed E-state index contributed by atoms with van der Waals surface area (Å²) in [4.78, 5) is 15.0. The van der Waals surface area contributed by atoms with Crippen molar-refractivity contribution in [1.29, 1.82) is 0 Å². The second kappa shape index (κ2) is 4.85. The van der Waals surface area contributed by atoms with Gasteiger partial charge in [-0.3, -0.25) is 0 Å². The van der Waals surface area contributed by atoms with Crippen LogP contribution in [0, 0.1) is 3.57 Å². The van der Waals surface area contributed by atoms with E-state index in [1.807, 2.05) is 39.0 Å². The van der Waals surface area contributed by atoms with Crippen molar-refractivity contribution in [3.05, 3.63) is 31.9 Å². The molecule has 1 aromatic heterocycles. The molecule has 3 nitrogen and oxygen atoms in total. The number of nitrogens with one attached hydrogen (secondary N) is 1. The molecular formula is C13H13BrINO2. The fourth-order valence-electron chi connectivity index (χ4n) is 1.57. The van der Waals surface area contributed by atoms with Crippen LogP contribution in [0.5, 0.6) is 0 Å². The molecule has 5 heteroatoms. The third kappa shape index (κ3) is 3.06. The molecule has 0 aliphatic rings. The van der Waals surface area contributed by atoms with E-state index in [2.05, 4.69) is 43.5 Å². The molecule has 1 aromatic carbocycles. The van der Waals surface area contributed by atoms with E-state index in [1.54, 1.807) is 0 Å². The molecule has 2 aromatic rings. The maximum Gasteiger partial charge on any atom is 0.355 e.